The zero-order valence-electron chi connectivity index (χ0n) is 7.68. The van der Waals surface area contributed by atoms with Crippen molar-refractivity contribution in [3.05, 3.63) is 23.8 Å². The van der Waals surface area contributed by atoms with Gasteiger partial charge in [0.05, 0.1) is 12.7 Å². The molecular weight excluding hydrogens is 211 g/mol. The van der Waals surface area contributed by atoms with Crippen molar-refractivity contribution in [2.75, 3.05) is 12.4 Å². The van der Waals surface area contributed by atoms with E-state index in [1.807, 2.05) is 5.32 Å². The third kappa shape index (κ3) is 2.87. The second-order valence-corrected chi connectivity index (χ2v) is 2.68. The highest BCUT2D eigenvalue weighted by Gasteiger charge is 2.31. The minimum Gasteiger partial charge on any atom is -0.497 e. The number of halogens is 3. The van der Waals surface area contributed by atoms with Crippen LogP contribution in [0.25, 0.3) is 0 Å². The number of methoxy groups -OCH3 is 1. The van der Waals surface area contributed by atoms with Gasteiger partial charge in [0, 0.05) is 11.8 Å². The molecule has 1 aromatic carbocycles. The van der Waals surface area contributed by atoms with Gasteiger partial charge in [-0.2, -0.15) is 13.2 Å². The lowest BCUT2D eigenvalue weighted by Gasteiger charge is -2.10. The normalized spacial score (nSPS) is 10.9. The van der Waals surface area contributed by atoms with Gasteiger partial charge in [-0.25, -0.2) is 0 Å². The van der Waals surface area contributed by atoms with Crippen LogP contribution >= 0.6 is 0 Å². The largest absolute Gasteiger partial charge is 0.497 e. The first-order valence-electron chi connectivity index (χ1n) is 3.87. The second kappa shape index (κ2) is 4.20. The minimum atomic E-state index is -4.48. The van der Waals surface area contributed by atoms with Crippen LogP contribution in [0.5, 0.6) is 5.75 Å². The molecule has 0 heterocycles. The van der Waals surface area contributed by atoms with Crippen molar-refractivity contribution in [3.63, 3.8) is 0 Å². The third-order valence-electron chi connectivity index (χ3n) is 1.66. The number of nitrogens with one attached hydrogen (secondary N) is 1. The molecule has 81 valence electrons. The number of hydrogen-bond donors (Lipinski definition) is 1. The van der Waals surface area contributed by atoms with E-state index >= 15 is 0 Å². The van der Waals surface area contributed by atoms with Crippen molar-refractivity contribution in [2.45, 2.75) is 6.18 Å². The van der Waals surface area contributed by atoms with Crippen molar-refractivity contribution in [1.29, 1.82) is 0 Å². The maximum absolute atomic E-state index is 12.3. The molecule has 6 heteroatoms. The van der Waals surface area contributed by atoms with Crippen molar-refractivity contribution in [1.82, 2.24) is 0 Å². The fourth-order valence-corrected chi connectivity index (χ4v) is 1.01. The first kappa shape index (κ1) is 11.4. The van der Waals surface area contributed by atoms with Crippen LogP contribution < -0.4 is 10.1 Å². The van der Waals surface area contributed by atoms with E-state index in [4.69, 9.17) is 0 Å². The second-order valence-electron chi connectivity index (χ2n) is 2.68. The number of anilines is 1. The van der Waals surface area contributed by atoms with Gasteiger partial charge < -0.3 is 10.1 Å². The first-order chi connectivity index (χ1) is 6.97. The molecule has 1 radical (unpaired) electrons. The van der Waals surface area contributed by atoms with E-state index < -0.39 is 11.7 Å². The number of carbonyl (C=O) groups excluding carboxylic acids is 1. The van der Waals surface area contributed by atoms with Crippen LogP contribution in [0, 0.1) is 0 Å². The molecule has 0 unspecified atom stereocenters. The van der Waals surface area contributed by atoms with Crippen LogP contribution in [-0.4, -0.2) is 13.5 Å². The Kier molecular flexibility index (Phi) is 3.18. The van der Waals surface area contributed by atoms with Crippen molar-refractivity contribution >= 4 is 12.1 Å². The maximum Gasteiger partial charge on any atom is 0.416 e. The Morgan fingerprint density at radius 2 is 2.00 bits per heavy atom. The van der Waals surface area contributed by atoms with Crippen LogP contribution in [0.4, 0.5) is 18.9 Å². The average Bonchev–Trinajstić information content (AvgIpc) is 2.16. The fourth-order valence-electron chi connectivity index (χ4n) is 1.01. The SMILES string of the molecule is COc1cc(N[C]=O)cc(C(F)(F)F)c1. The molecule has 0 aliphatic carbocycles. The molecule has 0 atom stereocenters. The molecule has 1 N–H and O–H groups in total. The average molecular weight is 218 g/mol. The molecule has 0 aliphatic heterocycles. The van der Waals surface area contributed by atoms with E-state index in [1.165, 1.54) is 19.6 Å². The standard InChI is InChI=1S/C9H7F3NO2/c1-15-8-3-6(9(10,11)12)2-7(4-8)13-5-14/h2-4H,1H3,(H,13,14). The lowest BCUT2D eigenvalue weighted by Crippen LogP contribution is -2.06. The predicted octanol–water partition coefficient (Wildman–Crippen LogP) is 2.19. The molecule has 0 bridgehead atoms. The summed E-state index contributed by atoms with van der Waals surface area (Å²) >= 11 is 0. The molecule has 3 nitrogen and oxygen atoms in total. The summed E-state index contributed by atoms with van der Waals surface area (Å²) in [5.74, 6) is 0.0163. The molecule has 0 aliphatic rings. The Morgan fingerprint density at radius 1 is 1.33 bits per heavy atom. The summed E-state index contributed by atoms with van der Waals surface area (Å²) in [7, 11) is 1.24. The number of rotatable bonds is 3. The first-order valence-corrected chi connectivity index (χ1v) is 3.87. The lowest BCUT2D eigenvalue weighted by molar-refractivity contribution is -0.137. The quantitative estimate of drug-likeness (QED) is 0.790. The van der Waals surface area contributed by atoms with Crippen molar-refractivity contribution < 1.29 is 22.7 Å². The highest BCUT2D eigenvalue weighted by atomic mass is 19.4. The Hall–Kier alpha value is -1.72. The number of ether oxygens (including phenoxy) is 1. The zero-order chi connectivity index (χ0) is 11.5. The van der Waals surface area contributed by atoms with E-state index in [0.717, 1.165) is 12.1 Å². The summed E-state index contributed by atoms with van der Waals surface area (Å²) < 4.78 is 41.7. The van der Waals surface area contributed by atoms with E-state index in [2.05, 4.69) is 4.74 Å². The van der Waals surface area contributed by atoms with Gasteiger partial charge in [-0.15, -0.1) is 0 Å². The Bertz CT molecular complexity index is 363. The molecule has 1 amide bonds. The van der Waals surface area contributed by atoms with Gasteiger partial charge in [0.1, 0.15) is 5.75 Å². The van der Waals surface area contributed by atoms with Crippen LogP contribution in [0.15, 0.2) is 18.2 Å². The van der Waals surface area contributed by atoms with Gasteiger partial charge in [0.2, 0.25) is 0 Å². The highest BCUT2D eigenvalue weighted by molar-refractivity contribution is 5.73. The number of amides is 1. The van der Waals surface area contributed by atoms with E-state index in [-0.39, 0.29) is 11.4 Å². The van der Waals surface area contributed by atoms with Gasteiger partial charge in [-0.05, 0) is 12.1 Å². The third-order valence-corrected chi connectivity index (χ3v) is 1.66. The fraction of sp³-hybridized carbons (Fsp3) is 0.222. The lowest BCUT2D eigenvalue weighted by atomic mass is 10.2. The molecular formula is C9H7F3NO2. The number of benzene rings is 1. The van der Waals surface area contributed by atoms with E-state index in [9.17, 15) is 18.0 Å². The highest BCUT2D eigenvalue weighted by Crippen LogP contribution is 2.33. The monoisotopic (exact) mass is 218 g/mol. The van der Waals surface area contributed by atoms with Gasteiger partial charge in [-0.3, -0.25) is 4.79 Å². The van der Waals surface area contributed by atoms with Gasteiger partial charge >= 0.3 is 12.6 Å². The van der Waals surface area contributed by atoms with E-state index in [0.29, 0.717) is 0 Å². The maximum atomic E-state index is 12.3. The molecule has 1 rings (SSSR count). The van der Waals surface area contributed by atoms with Crippen LogP contribution in [0.1, 0.15) is 5.56 Å². The van der Waals surface area contributed by atoms with Crippen molar-refractivity contribution in [2.24, 2.45) is 0 Å². The van der Waals surface area contributed by atoms with Crippen LogP contribution in [0.3, 0.4) is 0 Å². The summed E-state index contributed by atoms with van der Waals surface area (Å²) in [5, 5.41) is 2.01. The summed E-state index contributed by atoms with van der Waals surface area (Å²) in [6.45, 7) is 0. The molecule has 15 heavy (non-hydrogen) atoms. The summed E-state index contributed by atoms with van der Waals surface area (Å²) in [6, 6.07) is 2.91. The molecule has 1 aromatic rings. The molecule has 0 saturated heterocycles. The Morgan fingerprint density at radius 3 is 2.47 bits per heavy atom. The summed E-state index contributed by atoms with van der Waals surface area (Å²) in [6.07, 6.45) is -3.19. The number of alkyl halides is 3. The van der Waals surface area contributed by atoms with Crippen LogP contribution in [0.2, 0.25) is 0 Å². The molecule has 0 fully saturated rings. The molecule has 0 spiro atoms. The van der Waals surface area contributed by atoms with E-state index in [1.54, 1.807) is 0 Å². The predicted molar refractivity (Wildman–Crippen MR) is 47.3 cm³/mol. The van der Waals surface area contributed by atoms with Gasteiger partial charge in [-0.1, -0.05) is 0 Å². The smallest absolute Gasteiger partial charge is 0.416 e. The van der Waals surface area contributed by atoms with Gasteiger partial charge in [0.25, 0.3) is 0 Å². The van der Waals surface area contributed by atoms with Gasteiger partial charge in [0.15, 0.2) is 0 Å². The summed E-state index contributed by atoms with van der Waals surface area (Å²) in [4.78, 5) is 9.98. The Labute approximate surface area is 83.8 Å². The number of hydrogen-bond acceptors (Lipinski definition) is 2. The van der Waals surface area contributed by atoms with Crippen molar-refractivity contribution in [3.8, 4) is 5.75 Å². The zero-order valence-corrected chi connectivity index (χ0v) is 7.68. The van der Waals surface area contributed by atoms with Crippen LogP contribution in [-0.2, 0) is 11.0 Å². The molecule has 0 aromatic heterocycles. The molecule has 0 saturated carbocycles. The Balaban J connectivity index is 3.17. The topological polar surface area (TPSA) is 38.3 Å². The summed E-state index contributed by atoms with van der Waals surface area (Å²) in [5.41, 5.74) is -0.906. The minimum absolute atomic E-state index is 0.0163.